The Bertz CT molecular complexity index is 788. The van der Waals surface area contributed by atoms with E-state index in [0.29, 0.717) is 5.69 Å². The van der Waals surface area contributed by atoms with E-state index < -0.39 is 5.97 Å². The fourth-order valence-corrected chi connectivity index (χ4v) is 5.27. The Morgan fingerprint density at radius 3 is 2.21 bits per heavy atom. The third-order valence-electron chi connectivity index (χ3n) is 6.40. The topological polar surface area (TPSA) is 63.7 Å². The summed E-state index contributed by atoms with van der Waals surface area (Å²) in [5.74, 6) is -1.03. The van der Waals surface area contributed by atoms with Crippen molar-refractivity contribution in [1.29, 1.82) is 0 Å². The molecule has 1 aromatic rings. The number of nitrogens with zero attached hydrogens (tertiary/aromatic N) is 1. The summed E-state index contributed by atoms with van der Waals surface area (Å²) in [6, 6.07) is 6.66. The lowest BCUT2D eigenvalue weighted by Crippen LogP contribution is -2.35. The van der Waals surface area contributed by atoms with Crippen molar-refractivity contribution in [2.24, 2.45) is 29.1 Å². The van der Waals surface area contributed by atoms with Crippen molar-refractivity contribution in [3.8, 4) is 0 Å². The lowest BCUT2D eigenvalue weighted by molar-refractivity contribution is -0.123. The number of benzene rings is 1. The molecule has 1 aliphatic heterocycles. The molecule has 3 aliphatic carbocycles. The van der Waals surface area contributed by atoms with Crippen LogP contribution >= 0.6 is 0 Å². The van der Waals surface area contributed by atoms with Crippen LogP contribution in [0.1, 0.15) is 23.2 Å². The first-order valence-corrected chi connectivity index (χ1v) is 8.33. The molecule has 122 valence electrons. The van der Waals surface area contributed by atoms with Crippen molar-refractivity contribution in [2.75, 3.05) is 12.0 Å². The second-order valence-corrected chi connectivity index (χ2v) is 7.24. The summed E-state index contributed by atoms with van der Waals surface area (Å²) in [6.07, 6.45) is 6.50. The van der Waals surface area contributed by atoms with E-state index in [4.69, 9.17) is 4.74 Å². The van der Waals surface area contributed by atoms with Gasteiger partial charge in [0, 0.05) is 0 Å². The fraction of sp³-hybridized carbons (Fsp3) is 0.421. The Morgan fingerprint density at radius 1 is 1.08 bits per heavy atom. The summed E-state index contributed by atoms with van der Waals surface area (Å²) in [5.41, 5.74) is 0.773. The summed E-state index contributed by atoms with van der Waals surface area (Å²) >= 11 is 0. The summed E-state index contributed by atoms with van der Waals surface area (Å²) in [6.45, 7) is 0. The molecule has 5 heteroatoms. The molecule has 24 heavy (non-hydrogen) atoms. The van der Waals surface area contributed by atoms with Gasteiger partial charge in [0.25, 0.3) is 0 Å². The van der Waals surface area contributed by atoms with Crippen LogP contribution in [0, 0.1) is 29.1 Å². The van der Waals surface area contributed by atoms with Gasteiger partial charge in [-0.15, -0.1) is 0 Å². The molecule has 5 nitrogen and oxygen atoms in total. The molecule has 4 aliphatic rings. The van der Waals surface area contributed by atoms with Gasteiger partial charge >= 0.3 is 5.97 Å². The van der Waals surface area contributed by atoms with Gasteiger partial charge in [-0.1, -0.05) is 24.3 Å². The van der Waals surface area contributed by atoms with Crippen molar-refractivity contribution >= 4 is 23.5 Å². The second-order valence-electron chi connectivity index (χ2n) is 7.24. The van der Waals surface area contributed by atoms with E-state index in [9.17, 15) is 14.4 Å². The number of esters is 1. The normalized spacial score (nSPS) is 34.1. The molecule has 1 saturated heterocycles. The molecule has 1 heterocycles. The maximum Gasteiger partial charge on any atom is 0.339 e. The van der Waals surface area contributed by atoms with E-state index in [1.54, 1.807) is 24.3 Å². The molecule has 0 radical (unpaired) electrons. The molecular weight excluding hydrogens is 306 g/mol. The zero-order chi connectivity index (χ0) is 16.6. The highest BCUT2D eigenvalue weighted by Gasteiger charge is 2.73. The van der Waals surface area contributed by atoms with E-state index in [0.717, 1.165) is 12.8 Å². The summed E-state index contributed by atoms with van der Waals surface area (Å²) in [5, 5.41) is 0. The summed E-state index contributed by atoms with van der Waals surface area (Å²) in [4.78, 5) is 39.4. The standard InChI is InChI=1S/C19H17NO4/c1-24-18(23)10-4-2-3-5-13(10)20-16(21)14-11-6-7-12(15(14)17(20)22)19(11)8-9-19/h2-7,11-12,14-15H,8-9H2,1H3/t11-,12-,14-,15+/m0/s1. The predicted octanol–water partition coefficient (Wildman–Crippen LogP) is 2.17. The Labute approximate surface area is 139 Å². The molecule has 3 fully saturated rings. The summed E-state index contributed by atoms with van der Waals surface area (Å²) in [7, 11) is 1.29. The lowest BCUT2D eigenvalue weighted by Gasteiger charge is -2.23. The number of para-hydroxylation sites is 1. The van der Waals surface area contributed by atoms with Crippen LogP contribution in [0.4, 0.5) is 5.69 Å². The van der Waals surface area contributed by atoms with E-state index in [1.807, 2.05) is 0 Å². The fourth-order valence-electron chi connectivity index (χ4n) is 5.27. The van der Waals surface area contributed by atoms with Crippen LogP contribution in [0.5, 0.6) is 0 Å². The number of carbonyl (C=O) groups excluding carboxylic acids is 3. The Morgan fingerprint density at radius 2 is 1.67 bits per heavy atom. The molecule has 2 bridgehead atoms. The van der Waals surface area contributed by atoms with Gasteiger partial charge in [-0.3, -0.25) is 9.59 Å². The second kappa shape index (κ2) is 4.35. The van der Waals surface area contributed by atoms with Crippen molar-refractivity contribution in [3.63, 3.8) is 0 Å². The third-order valence-corrected chi connectivity index (χ3v) is 6.40. The quantitative estimate of drug-likeness (QED) is 0.475. The number of anilines is 1. The highest BCUT2D eigenvalue weighted by Crippen LogP contribution is 2.73. The minimum absolute atomic E-state index is 0.163. The Hall–Kier alpha value is -2.43. The van der Waals surface area contributed by atoms with E-state index in [1.165, 1.54) is 12.0 Å². The number of amides is 2. The number of fused-ring (bicyclic) bond motifs is 3. The predicted molar refractivity (Wildman–Crippen MR) is 85.0 cm³/mol. The number of allylic oxidation sites excluding steroid dienone is 2. The third kappa shape index (κ3) is 1.44. The average Bonchev–Trinajstić information content (AvgIpc) is 3.19. The molecule has 0 aromatic heterocycles. The number of carbonyl (C=O) groups is 3. The Kier molecular flexibility index (Phi) is 2.53. The molecule has 2 amide bonds. The molecule has 5 rings (SSSR count). The number of hydrogen-bond acceptors (Lipinski definition) is 4. The maximum atomic E-state index is 13.1. The highest BCUT2D eigenvalue weighted by molar-refractivity contribution is 6.24. The van der Waals surface area contributed by atoms with Gasteiger partial charge in [0.2, 0.25) is 11.8 Å². The molecule has 2 saturated carbocycles. The van der Waals surface area contributed by atoms with Gasteiger partial charge in [-0.05, 0) is 42.2 Å². The van der Waals surface area contributed by atoms with Crippen molar-refractivity contribution in [1.82, 2.24) is 0 Å². The van der Waals surface area contributed by atoms with Crippen LogP contribution < -0.4 is 4.90 Å². The minimum Gasteiger partial charge on any atom is -0.465 e. The largest absolute Gasteiger partial charge is 0.465 e. The van der Waals surface area contributed by atoms with Crippen molar-refractivity contribution in [2.45, 2.75) is 12.8 Å². The smallest absolute Gasteiger partial charge is 0.339 e. The van der Waals surface area contributed by atoms with Gasteiger partial charge in [-0.2, -0.15) is 0 Å². The molecular formula is C19H17NO4. The first-order chi connectivity index (χ1) is 11.6. The maximum absolute atomic E-state index is 13.1. The van der Waals surface area contributed by atoms with Gasteiger partial charge in [0.1, 0.15) is 0 Å². The van der Waals surface area contributed by atoms with Gasteiger partial charge in [0.15, 0.2) is 0 Å². The van der Waals surface area contributed by atoms with Gasteiger partial charge in [0.05, 0.1) is 30.2 Å². The van der Waals surface area contributed by atoms with Crippen LogP contribution in [0.15, 0.2) is 36.4 Å². The van der Waals surface area contributed by atoms with Gasteiger partial charge in [-0.25, -0.2) is 9.69 Å². The number of hydrogen-bond donors (Lipinski definition) is 0. The Balaban J connectivity index is 1.58. The van der Waals surface area contributed by atoms with Gasteiger partial charge < -0.3 is 4.74 Å². The highest BCUT2D eigenvalue weighted by atomic mass is 16.5. The van der Waals surface area contributed by atoms with Crippen LogP contribution in [0.25, 0.3) is 0 Å². The first-order valence-electron chi connectivity index (χ1n) is 8.33. The first kappa shape index (κ1) is 14.0. The van der Waals surface area contributed by atoms with Crippen LogP contribution in [0.3, 0.4) is 0 Å². The number of ether oxygens (including phenoxy) is 1. The van der Waals surface area contributed by atoms with E-state index in [-0.39, 0.29) is 46.5 Å². The van der Waals surface area contributed by atoms with Crippen LogP contribution in [-0.4, -0.2) is 24.9 Å². The van der Waals surface area contributed by atoms with Crippen molar-refractivity contribution < 1.29 is 19.1 Å². The van der Waals surface area contributed by atoms with E-state index >= 15 is 0 Å². The SMILES string of the molecule is COC(=O)c1ccccc1N1C(=O)[C@@H]2[C@H](C1=O)[C@@H]1C=C[C@@H]2C12CC2. The lowest BCUT2D eigenvalue weighted by atomic mass is 9.85. The average molecular weight is 323 g/mol. The number of rotatable bonds is 2. The number of imide groups is 1. The minimum atomic E-state index is -0.539. The monoisotopic (exact) mass is 323 g/mol. The van der Waals surface area contributed by atoms with E-state index in [2.05, 4.69) is 12.2 Å². The zero-order valence-corrected chi connectivity index (χ0v) is 13.3. The summed E-state index contributed by atoms with van der Waals surface area (Å²) < 4.78 is 4.80. The molecule has 1 spiro atoms. The van der Waals surface area contributed by atoms with Crippen LogP contribution in [0.2, 0.25) is 0 Å². The molecule has 0 unspecified atom stereocenters. The molecule has 4 atom stereocenters. The van der Waals surface area contributed by atoms with Crippen molar-refractivity contribution in [3.05, 3.63) is 42.0 Å². The zero-order valence-electron chi connectivity index (χ0n) is 13.3. The van der Waals surface area contributed by atoms with Crippen LogP contribution in [-0.2, 0) is 14.3 Å². The molecule has 1 aromatic carbocycles. The number of methoxy groups -OCH3 is 1. The molecule has 0 N–H and O–H groups in total.